The maximum atomic E-state index is 5.69. The van der Waals surface area contributed by atoms with Crippen molar-refractivity contribution in [3.05, 3.63) is 5.82 Å². The fraction of sp³-hybridized carbons (Fsp3) is 0.846. The van der Waals surface area contributed by atoms with E-state index in [1.807, 2.05) is 0 Å². The lowest BCUT2D eigenvalue weighted by molar-refractivity contribution is 0.138. The van der Waals surface area contributed by atoms with Crippen molar-refractivity contribution in [2.45, 2.75) is 50.9 Å². The van der Waals surface area contributed by atoms with Gasteiger partial charge in [0.2, 0.25) is 0 Å². The molecule has 1 saturated carbocycles. The zero-order valence-electron chi connectivity index (χ0n) is 11.8. The topological polar surface area (TPSA) is 66.0 Å². The summed E-state index contributed by atoms with van der Waals surface area (Å²) in [6.45, 7) is 6.51. The van der Waals surface area contributed by atoms with Gasteiger partial charge in [0, 0.05) is 18.4 Å². The quantitative estimate of drug-likeness (QED) is 0.556. The minimum absolute atomic E-state index is 0.467. The van der Waals surface area contributed by atoms with Crippen LogP contribution in [0.3, 0.4) is 0 Å². The predicted octanol–water partition coefficient (Wildman–Crippen LogP) is 2.23. The molecule has 1 aromatic rings. The van der Waals surface area contributed by atoms with Crippen molar-refractivity contribution in [3.8, 4) is 0 Å². The summed E-state index contributed by atoms with van der Waals surface area (Å²) < 4.78 is 7.82. The van der Waals surface area contributed by atoms with Crippen LogP contribution in [-0.2, 0) is 11.3 Å². The minimum atomic E-state index is 0.467. The Balaban J connectivity index is 1.72. The third-order valence-corrected chi connectivity index (χ3v) is 4.04. The van der Waals surface area contributed by atoms with Crippen LogP contribution in [0, 0.1) is 5.92 Å². The molecule has 0 spiro atoms. The first-order valence-corrected chi connectivity index (χ1v) is 8.05. The van der Waals surface area contributed by atoms with E-state index in [0.717, 1.165) is 36.4 Å². The highest BCUT2D eigenvalue weighted by Crippen LogP contribution is 2.38. The van der Waals surface area contributed by atoms with Gasteiger partial charge in [-0.1, -0.05) is 25.6 Å². The van der Waals surface area contributed by atoms with Crippen molar-refractivity contribution in [3.63, 3.8) is 0 Å². The van der Waals surface area contributed by atoms with E-state index in [9.17, 15) is 0 Å². The van der Waals surface area contributed by atoms with Gasteiger partial charge in [-0.25, -0.2) is 0 Å². The van der Waals surface area contributed by atoms with Crippen molar-refractivity contribution >= 4 is 11.8 Å². The number of aromatic nitrogens is 3. The summed E-state index contributed by atoms with van der Waals surface area (Å²) in [5, 5.41) is 9.39. The Morgan fingerprint density at radius 1 is 1.37 bits per heavy atom. The number of nitrogens with zero attached hydrogens (tertiary/aromatic N) is 3. The van der Waals surface area contributed by atoms with Crippen LogP contribution in [0.25, 0.3) is 0 Å². The van der Waals surface area contributed by atoms with Crippen LogP contribution in [-0.4, -0.2) is 33.7 Å². The highest BCUT2D eigenvalue weighted by molar-refractivity contribution is 7.99. The molecule has 0 aliphatic heterocycles. The maximum absolute atomic E-state index is 5.69. The average Bonchev–Trinajstić information content (AvgIpc) is 3.14. The van der Waals surface area contributed by atoms with Crippen LogP contribution in [0.2, 0.25) is 0 Å². The zero-order chi connectivity index (χ0) is 13.7. The lowest BCUT2D eigenvalue weighted by Crippen LogP contribution is -2.08. The molecule has 1 heterocycles. The molecule has 0 saturated heterocycles. The van der Waals surface area contributed by atoms with Crippen LogP contribution in [0.4, 0.5) is 0 Å². The summed E-state index contributed by atoms with van der Waals surface area (Å²) >= 11 is 1.72. The molecule has 0 bridgehead atoms. The Hall–Kier alpha value is -0.590. The molecule has 108 valence electrons. The van der Waals surface area contributed by atoms with Crippen molar-refractivity contribution in [1.82, 2.24) is 14.8 Å². The molecule has 19 heavy (non-hydrogen) atoms. The molecule has 5 nitrogen and oxygen atoms in total. The molecular weight excluding hydrogens is 260 g/mol. The summed E-state index contributed by atoms with van der Waals surface area (Å²) in [5.74, 6) is 2.54. The highest BCUT2D eigenvalue weighted by atomic mass is 32.2. The Labute approximate surface area is 119 Å². The van der Waals surface area contributed by atoms with Crippen LogP contribution in [0.15, 0.2) is 5.16 Å². The molecule has 2 N–H and O–H groups in total. The van der Waals surface area contributed by atoms with Gasteiger partial charge in [0.1, 0.15) is 5.82 Å². The second-order valence-electron chi connectivity index (χ2n) is 5.35. The lowest BCUT2D eigenvalue weighted by Gasteiger charge is -2.08. The summed E-state index contributed by atoms with van der Waals surface area (Å²) in [6.07, 6.45) is 3.58. The average molecular weight is 284 g/mol. The van der Waals surface area contributed by atoms with E-state index in [2.05, 4.69) is 28.6 Å². The molecule has 1 aliphatic rings. The number of nitrogens with two attached hydrogens (primary N) is 1. The fourth-order valence-electron chi connectivity index (χ4n) is 1.86. The number of hydrogen-bond acceptors (Lipinski definition) is 5. The lowest BCUT2D eigenvalue weighted by atomic mass is 10.1. The maximum Gasteiger partial charge on any atom is 0.191 e. The van der Waals surface area contributed by atoms with Gasteiger partial charge in [-0.15, -0.1) is 10.2 Å². The summed E-state index contributed by atoms with van der Waals surface area (Å²) in [5.41, 5.74) is 5.69. The van der Waals surface area contributed by atoms with E-state index in [4.69, 9.17) is 10.5 Å². The first-order valence-electron chi connectivity index (χ1n) is 7.06. The van der Waals surface area contributed by atoms with Crippen LogP contribution >= 0.6 is 11.8 Å². The molecule has 2 rings (SSSR count). The van der Waals surface area contributed by atoms with Crippen molar-refractivity contribution in [2.24, 2.45) is 11.7 Å². The monoisotopic (exact) mass is 284 g/mol. The second-order valence-corrected chi connectivity index (χ2v) is 6.41. The van der Waals surface area contributed by atoms with Gasteiger partial charge in [0.25, 0.3) is 0 Å². The molecule has 6 heteroatoms. The highest BCUT2D eigenvalue weighted by Gasteiger charge is 2.28. The Kier molecular flexibility index (Phi) is 5.66. The first-order chi connectivity index (χ1) is 9.22. The van der Waals surface area contributed by atoms with E-state index in [-0.39, 0.29) is 0 Å². The van der Waals surface area contributed by atoms with Gasteiger partial charge in [0.15, 0.2) is 5.16 Å². The Morgan fingerprint density at radius 3 is 2.79 bits per heavy atom. The Bertz CT molecular complexity index is 390. The van der Waals surface area contributed by atoms with Gasteiger partial charge in [-0.3, -0.25) is 0 Å². The Morgan fingerprint density at radius 2 is 2.16 bits per heavy atom. The van der Waals surface area contributed by atoms with Gasteiger partial charge in [-0.05, 0) is 25.2 Å². The molecule has 1 aliphatic carbocycles. The molecule has 0 amide bonds. The largest absolute Gasteiger partial charge is 0.381 e. The van der Waals surface area contributed by atoms with Gasteiger partial charge < -0.3 is 15.0 Å². The summed E-state index contributed by atoms with van der Waals surface area (Å²) in [7, 11) is 0. The molecule has 0 unspecified atom stereocenters. The molecule has 1 fully saturated rings. The van der Waals surface area contributed by atoms with E-state index >= 15 is 0 Å². The van der Waals surface area contributed by atoms with Crippen molar-refractivity contribution in [2.75, 3.05) is 19.0 Å². The van der Waals surface area contributed by atoms with Gasteiger partial charge in [-0.2, -0.15) is 0 Å². The zero-order valence-corrected chi connectivity index (χ0v) is 12.7. The van der Waals surface area contributed by atoms with Crippen LogP contribution < -0.4 is 5.73 Å². The number of thioether (sulfide) groups is 1. The standard InChI is InChI=1S/C13H24N4OS/c1-10(2)5-6-18-7-8-19-13-16-15-12(9-14)17(13)11-3-4-11/h10-11H,3-9,14H2,1-2H3. The molecular formula is C13H24N4OS. The number of hydrogen-bond donors (Lipinski definition) is 1. The second kappa shape index (κ2) is 7.26. The van der Waals surface area contributed by atoms with Crippen LogP contribution in [0.1, 0.15) is 45.0 Å². The van der Waals surface area contributed by atoms with E-state index < -0.39 is 0 Å². The van der Waals surface area contributed by atoms with Gasteiger partial charge >= 0.3 is 0 Å². The minimum Gasteiger partial charge on any atom is -0.381 e. The molecule has 0 atom stereocenters. The third-order valence-electron chi connectivity index (χ3n) is 3.13. The molecule has 0 radical (unpaired) electrons. The molecule has 0 aromatic carbocycles. The summed E-state index contributed by atoms with van der Waals surface area (Å²) in [6, 6.07) is 0.581. The van der Waals surface area contributed by atoms with Gasteiger partial charge in [0.05, 0.1) is 13.2 Å². The van der Waals surface area contributed by atoms with E-state index in [1.165, 1.54) is 12.8 Å². The predicted molar refractivity (Wildman–Crippen MR) is 77.2 cm³/mol. The SMILES string of the molecule is CC(C)CCOCCSc1nnc(CN)n1C1CC1. The van der Waals surface area contributed by atoms with E-state index in [0.29, 0.717) is 18.5 Å². The normalized spacial score (nSPS) is 15.4. The van der Waals surface area contributed by atoms with Crippen molar-refractivity contribution in [1.29, 1.82) is 0 Å². The first kappa shape index (κ1) is 14.8. The van der Waals surface area contributed by atoms with Crippen LogP contribution in [0.5, 0.6) is 0 Å². The number of ether oxygens (including phenoxy) is 1. The number of rotatable bonds is 9. The van der Waals surface area contributed by atoms with Crippen molar-refractivity contribution < 1.29 is 4.74 Å². The van der Waals surface area contributed by atoms with E-state index in [1.54, 1.807) is 11.8 Å². The smallest absolute Gasteiger partial charge is 0.191 e. The fourth-order valence-corrected chi connectivity index (χ4v) is 2.73. The summed E-state index contributed by atoms with van der Waals surface area (Å²) in [4.78, 5) is 0. The third kappa shape index (κ3) is 4.47. The molecule has 1 aromatic heterocycles.